The molecule has 0 fully saturated rings. The summed E-state index contributed by atoms with van der Waals surface area (Å²) in [6, 6.07) is 14.3. The van der Waals surface area contributed by atoms with Gasteiger partial charge in [0.25, 0.3) is 0 Å². The average Bonchev–Trinajstić information content (AvgIpc) is 2.47. The van der Waals surface area contributed by atoms with E-state index >= 15 is 0 Å². The Hall–Kier alpha value is -1.87. The lowest BCUT2D eigenvalue weighted by Gasteiger charge is -2.14. The molecule has 0 aromatic heterocycles. The molecule has 2 aromatic rings. The molecule has 2 rings (SSSR count). The Labute approximate surface area is 119 Å². The smallest absolute Gasteiger partial charge is 0.123 e. The molecular weight excluding hydrogens is 253 g/mol. The maximum Gasteiger partial charge on any atom is 0.123 e. The average molecular weight is 273 g/mol. The van der Waals surface area contributed by atoms with Gasteiger partial charge in [-0.3, -0.25) is 0 Å². The molecule has 2 aromatic carbocycles. The standard InChI is InChI=1S/C17H20FNO/c1-2-20-17-6-4-3-5-14(17)9-12-16(19)13-7-10-15(18)11-8-13/h3-8,10-11,16H,2,9,12,19H2,1H3. The first-order chi connectivity index (χ1) is 9.70. The van der Waals surface area contributed by atoms with Crippen molar-refractivity contribution >= 4 is 0 Å². The molecule has 0 radical (unpaired) electrons. The fraction of sp³-hybridized carbons (Fsp3) is 0.294. The van der Waals surface area contributed by atoms with E-state index in [0.717, 1.165) is 29.7 Å². The number of para-hydroxylation sites is 1. The van der Waals surface area contributed by atoms with Crippen molar-refractivity contribution in [2.45, 2.75) is 25.8 Å². The summed E-state index contributed by atoms with van der Waals surface area (Å²) in [5.74, 6) is 0.684. The number of hydrogen-bond acceptors (Lipinski definition) is 2. The molecule has 0 saturated heterocycles. The zero-order valence-corrected chi connectivity index (χ0v) is 11.7. The van der Waals surface area contributed by atoms with Crippen molar-refractivity contribution in [2.75, 3.05) is 6.61 Å². The maximum absolute atomic E-state index is 12.9. The van der Waals surface area contributed by atoms with E-state index in [4.69, 9.17) is 10.5 Å². The molecule has 2 N–H and O–H groups in total. The Morgan fingerprint density at radius 1 is 1.10 bits per heavy atom. The lowest BCUT2D eigenvalue weighted by atomic mass is 9.99. The van der Waals surface area contributed by atoms with Crippen molar-refractivity contribution in [3.63, 3.8) is 0 Å². The predicted molar refractivity (Wildman–Crippen MR) is 79.3 cm³/mol. The van der Waals surface area contributed by atoms with Crippen LogP contribution in [0.15, 0.2) is 48.5 Å². The molecule has 20 heavy (non-hydrogen) atoms. The summed E-state index contributed by atoms with van der Waals surface area (Å²) in [6.45, 7) is 2.63. The van der Waals surface area contributed by atoms with Gasteiger partial charge < -0.3 is 10.5 Å². The molecule has 0 aliphatic rings. The van der Waals surface area contributed by atoms with Crippen LogP contribution in [0, 0.1) is 5.82 Å². The fourth-order valence-electron chi connectivity index (χ4n) is 2.19. The van der Waals surface area contributed by atoms with Crippen LogP contribution < -0.4 is 10.5 Å². The summed E-state index contributed by atoms with van der Waals surface area (Å²) < 4.78 is 18.5. The maximum atomic E-state index is 12.9. The summed E-state index contributed by atoms with van der Waals surface area (Å²) >= 11 is 0. The molecule has 0 spiro atoms. The molecule has 1 atom stereocenters. The van der Waals surface area contributed by atoms with Gasteiger partial charge in [0.05, 0.1) is 6.61 Å². The molecular formula is C17H20FNO. The first kappa shape index (κ1) is 14.5. The second-order valence-electron chi connectivity index (χ2n) is 4.74. The van der Waals surface area contributed by atoms with Gasteiger partial charge in [0.1, 0.15) is 11.6 Å². The number of nitrogens with two attached hydrogens (primary N) is 1. The van der Waals surface area contributed by atoms with Crippen molar-refractivity contribution in [1.82, 2.24) is 0 Å². The summed E-state index contributed by atoms with van der Waals surface area (Å²) in [5, 5.41) is 0. The third-order valence-electron chi connectivity index (χ3n) is 3.30. The van der Waals surface area contributed by atoms with Crippen molar-refractivity contribution in [1.29, 1.82) is 0 Å². The van der Waals surface area contributed by atoms with Crippen molar-refractivity contribution in [3.8, 4) is 5.75 Å². The van der Waals surface area contributed by atoms with E-state index in [1.807, 2.05) is 25.1 Å². The van der Waals surface area contributed by atoms with Crippen LogP contribution in [0.2, 0.25) is 0 Å². The van der Waals surface area contributed by atoms with Gasteiger partial charge in [-0.25, -0.2) is 4.39 Å². The Bertz CT molecular complexity index is 539. The summed E-state index contributed by atoms with van der Waals surface area (Å²) in [7, 11) is 0. The lowest BCUT2D eigenvalue weighted by molar-refractivity contribution is 0.336. The minimum Gasteiger partial charge on any atom is -0.494 e. The van der Waals surface area contributed by atoms with Gasteiger partial charge in [0, 0.05) is 6.04 Å². The van der Waals surface area contributed by atoms with Gasteiger partial charge in [-0.05, 0) is 49.1 Å². The Morgan fingerprint density at radius 2 is 1.80 bits per heavy atom. The highest BCUT2D eigenvalue weighted by Crippen LogP contribution is 2.23. The van der Waals surface area contributed by atoms with Gasteiger partial charge in [-0.15, -0.1) is 0 Å². The summed E-state index contributed by atoms with van der Waals surface area (Å²) in [6.07, 6.45) is 1.64. The molecule has 2 nitrogen and oxygen atoms in total. The number of benzene rings is 2. The second-order valence-corrected chi connectivity index (χ2v) is 4.74. The van der Waals surface area contributed by atoms with Crippen LogP contribution in [-0.2, 0) is 6.42 Å². The lowest BCUT2D eigenvalue weighted by Crippen LogP contribution is -2.11. The quantitative estimate of drug-likeness (QED) is 0.867. The highest BCUT2D eigenvalue weighted by atomic mass is 19.1. The molecule has 106 valence electrons. The first-order valence-corrected chi connectivity index (χ1v) is 6.92. The molecule has 0 aliphatic carbocycles. The van der Waals surface area contributed by atoms with Crippen molar-refractivity contribution in [2.24, 2.45) is 5.73 Å². The zero-order chi connectivity index (χ0) is 14.4. The number of rotatable bonds is 6. The van der Waals surface area contributed by atoms with Crippen molar-refractivity contribution < 1.29 is 9.13 Å². The minimum absolute atomic E-state index is 0.0923. The van der Waals surface area contributed by atoms with Crippen LogP contribution in [0.4, 0.5) is 4.39 Å². The third-order valence-corrected chi connectivity index (χ3v) is 3.30. The Balaban J connectivity index is 1.99. The molecule has 1 unspecified atom stereocenters. The highest BCUT2D eigenvalue weighted by Gasteiger charge is 2.09. The molecule has 0 bridgehead atoms. The molecule has 0 aliphatic heterocycles. The third kappa shape index (κ3) is 3.81. The van der Waals surface area contributed by atoms with Crippen LogP contribution in [0.3, 0.4) is 0 Å². The number of halogens is 1. The topological polar surface area (TPSA) is 35.2 Å². The van der Waals surface area contributed by atoms with E-state index in [1.165, 1.54) is 12.1 Å². The number of hydrogen-bond donors (Lipinski definition) is 1. The van der Waals surface area contributed by atoms with E-state index in [-0.39, 0.29) is 11.9 Å². The van der Waals surface area contributed by atoms with Gasteiger partial charge >= 0.3 is 0 Å². The molecule has 0 amide bonds. The van der Waals surface area contributed by atoms with E-state index in [0.29, 0.717) is 6.61 Å². The summed E-state index contributed by atoms with van der Waals surface area (Å²) in [4.78, 5) is 0. The number of ether oxygens (including phenoxy) is 1. The van der Waals surface area contributed by atoms with Crippen LogP contribution in [0.1, 0.15) is 30.5 Å². The van der Waals surface area contributed by atoms with E-state index < -0.39 is 0 Å². The van der Waals surface area contributed by atoms with Gasteiger partial charge in [0.15, 0.2) is 0 Å². The molecule has 0 heterocycles. The SMILES string of the molecule is CCOc1ccccc1CCC(N)c1ccc(F)cc1. The second kappa shape index (κ2) is 7.06. The van der Waals surface area contributed by atoms with E-state index in [9.17, 15) is 4.39 Å². The minimum atomic E-state index is -0.234. The van der Waals surface area contributed by atoms with E-state index in [2.05, 4.69) is 6.07 Å². The highest BCUT2D eigenvalue weighted by molar-refractivity contribution is 5.33. The van der Waals surface area contributed by atoms with Crippen molar-refractivity contribution in [3.05, 3.63) is 65.5 Å². The van der Waals surface area contributed by atoms with E-state index in [1.54, 1.807) is 12.1 Å². The largest absolute Gasteiger partial charge is 0.494 e. The van der Waals surface area contributed by atoms with Gasteiger partial charge in [0.2, 0.25) is 0 Å². The number of aryl methyl sites for hydroxylation is 1. The first-order valence-electron chi connectivity index (χ1n) is 6.92. The Kier molecular flexibility index (Phi) is 5.13. The monoisotopic (exact) mass is 273 g/mol. The normalized spacial score (nSPS) is 12.2. The van der Waals surface area contributed by atoms with Crippen LogP contribution in [0.25, 0.3) is 0 Å². The molecule has 0 saturated carbocycles. The van der Waals surface area contributed by atoms with Crippen LogP contribution >= 0.6 is 0 Å². The summed E-state index contributed by atoms with van der Waals surface area (Å²) in [5.41, 5.74) is 8.27. The van der Waals surface area contributed by atoms with Crippen LogP contribution in [0.5, 0.6) is 5.75 Å². The van der Waals surface area contributed by atoms with Gasteiger partial charge in [-0.2, -0.15) is 0 Å². The Morgan fingerprint density at radius 3 is 2.50 bits per heavy atom. The van der Waals surface area contributed by atoms with Gasteiger partial charge in [-0.1, -0.05) is 30.3 Å². The predicted octanol–water partition coefficient (Wildman–Crippen LogP) is 3.86. The fourth-order valence-corrected chi connectivity index (χ4v) is 2.19. The van der Waals surface area contributed by atoms with Crippen LogP contribution in [-0.4, -0.2) is 6.61 Å². The zero-order valence-electron chi connectivity index (χ0n) is 11.7. The molecule has 3 heteroatoms.